The van der Waals surface area contributed by atoms with Gasteiger partial charge in [-0.05, 0) is 30.3 Å². The van der Waals surface area contributed by atoms with Gasteiger partial charge in [0.2, 0.25) is 0 Å². The average molecular weight is 297 g/mol. The van der Waals surface area contributed by atoms with Crippen LogP contribution in [0.5, 0.6) is 0 Å². The van der Waals surface area contributed by atoms with Crippen molar-refractivity contribution < 1.29 is 4.79 Å². The Morgan fingerprint density at radius 2 is 1.95 bits per heavy atom. The fraction of sp³-hybridized carbons (Fsp3) is 0. The second kappa shape index (κ2) is 5.77. The van der Waals surface area contributed by atoms with Crippen LogP contribution in [0.25, 0.3) is 0 Å². The van der Waals surface area contributed by atoms with Crippen LogP contribution in [-0.2, 0) is 0 Å². The number of nitrogens with one attached hydrogen (secondary N) is 2. The molecule has 0 unspecified atom stereocenters. The number of hydrogen-bond acceptors (Lipinski definition) is 3. The van der Waals surface area contributed by atoms with Gasteiger partial charge in [-0.25, -0.2) is 9.78 Å². The van der Waals surface area contributed by atoms with E-state index in [0.29, 0.717) is 27.2 Å². The zero-order valence-electron chi connectivity index (χ0n) is 9.65. The van der Waals surface area contributed by atoms with E-state index >= 15 is 0 Å². The van der Waals surface area contributed by atoms with Crippen molar-refractivity contribution >= 4 is 46.4 Å². The van der Waals surface area contributed by atoms with Crippen molar-refractivity contribution in [1.82, 2.24) is 4.98 Å². The molecule has 0 aliphatic heterocycles. The number of aromatic nitrogens is 1. The number of nitrogens with two attached hydrogens (primary N) is 1. The van der Waals surface area contributed by atoms with Crippen LogP contribution >= 0.6 is 23.2 Å². The normalized spacial score (nSPS) is 10.0. The molecule has 2 rings (SSSR count). The molecule has 0 spiro atoms. The molecule has 7 heteroatoms. The van der Waals surface area contributed by atoms with Crippen LogP contribution < -0.4 is 16.4 Å². The van der Waals surface area contributed by atoms with Gasteiger partial charge >= 0.3 is 6.03 Å². The third-order valence-corrected chi connectivity index (χ3v) is 2.99. The molecule has 0 radical (unpaired) electrons. The first-order valence-corrected chi connectivity index (χ1v) is 6.05. The number of carbonyl (C=O) groups is 1. The lowest BCUT2D eigenvalue weighted by atomic mass is 10.3. The Hall–Kier alpha value is -1.98. The maximum Gasteiger partial charge on any atom is 0.324 e. The van der Waals surface area contributed by atoms with E-state index in [1.807, 2.05) is 0 Å². The zero-order chi connectivity index (χ0) is 13.8. The monoisotopic (exact) mass is 296 g/mol. The number of carbonyl (C=O) groups excluding carboxylic acids is 1. The topological polar surface area (TPSA) is 80.0 Å². The van der Waals surface area contributed by atoms with E-state index in [2.05, 4.69) is 15.6 Å². The van der Waals surface area contributed by atoms with Crippen LogP contribution in [0.4, 0.5) is 22.0 Å². The first-order valence-electron chi connectivity index (χ1n) is 5.30. The third kappa shape index (κ3) is 3.49. The summed E-state index contributed by atoms with van der Waals surface area (Å²) in [5, 5.41) is 5.90. The van der Waals surface area contributed by atoms with Crippen molar-refractivity contribution in [3.05, 3.63) is 46.6 Å². The highest BCUT2D eigenvalue weighted by atomic mass is 35.5. The van der Waals surface area contributed by atoms with Gasteiger partial charge < -0.3 is 11.1 Å². The Morgan fingerprint density at radius 3 is 2.63 bits per heavy atom. The van der Waals surface area contributed by atoms with Crippen LogP contribution in [0.2, 0.25) is 10.0 Å². The lowest BCUT2D eigenvalue weighted by Gasteiger charge is -2.09. The molecule has 0 bridgehead atoms. The average Bonchev–Trinajstić information content (AvgIpc) is 2.37. The second-order valence-electron chi connectivity index (χ2n) is 3.65. The number of rotatable bonds is 2. The predicted molar refractivity (Wildman–Crippen MR) is 77.8 cm³/mol. The zero-order valence-corrected chi connectivity index (χ0v) is 11.2. The Kier molecular flexibility index (Phi) is 4.09. The minimum absolute atomic E-state index is 0.292. The fourth-order valence-electron chi connectivity index (χ4n) is 1.37. The van der Waals surface area contributed by atoms with Crippen molar-refractivity contribution in [1.29, 1.82) is 0 Å². The van der Waals surface area contributed by atoms with E-state index < -0.39 is 6.03 Å². The number of halogens is 2. The van der Waals surface area contributed by atoms with Gasteiger partial charge in [-0.3, -0.25) is 5.32 Å². The second-order valence-corrected chi connectivity index (χ2v) is 4.46. The number of nitrogen functional groups attached to an aromatic ring is 1. The number of nitrogens with zero attached hydrogens (tertiary/aromatic N) is 1. The molecule has 1 aromatic carbocycles. The summed E-state index contributed by atoms with van der Waals surface area (Å²) in [4.78, 5) is 15.7. The van der Waals surface area contributed by atoms with Gasteiger partial charge in [-0.1, -0.05) is 23.2 Å². The van der Waals surface area contributed by atoms with Gasteiger partial charge in [-0.15, -0.1) is 0 Å². The molecule has 2 aromatic rings. The lowest BCUT2D eigenvalue weighted by molar-refractivity contribution is 0.262. The first-order chi connectivity index (χ1) is 9.06. The van der Waals surface area contributed by atoms with E-state index in [9.17, 15) is 4.79 Å². The summed E-state index contributed by atoms with van der Waals surface area (Å²) in [6.45, 7) is 0. The number of urea groups is 1. The molecule has 0 aliphatic rings. The number of anilines is 3. The largest absolute Gasteiger partial charge is 0.396 e. The molecule has 4 N–H and O–H groups in total. The summed E-state index contributed by atoms with van der Waals surface area (Å²) in [5.41, 5.74) is 6.56. The molecule has 19 heavy (non-hydrogen) atoms. The van der Waals surface area contributed by atoms with Gasteiger partial charge in [0.1, 0.15) is 0 Å². The standard InChI is InChI=1S/C12H10Cl2N4O/c13-8-4-3-7(6-9(8)14)17-12(19)18-11-10(15)2-1-5-16-11/h1-6H,15H2,(H2,16,17,18,19). The van der Waals surface area contributed by atoms with Crippen LogP contribution in [0.3, 0.4) is 0 Å². The van der Waals surface area contributed by atoms with Gasteiger partial charge in [-0.2, -0.15) is 0 Å². The molecule has 2 amide bonds. The molecule has 98 valence electrons. The van der Waals surface area contributed by atoms with Crippen LogP contribution in [-0.4, -0.2) is 11.0 Å². The van der Waals surface area contributed by atoms with Crippen LogP contribution in [0, 0.1) is 0 Å². The van der Waals surface area contributed by atoms with Gasteiger partial charge in [0, 0.05) is 11.9 Å². The molecule has 0 atom stereocenters. The van der Waals surface area contributed by atoms with Crippen LogP contribution in [0.1, 0.15) is 0 Å². The third-order valence-electron chi connectivity index (χ3n) is 2.25. The summed E-state index contributed by atoms with van der Waals surface area (Å²) in [6.07, 6.45) is 1.53. The molecule has 0 saturated carbocycles. The van der Waals surface area contributed by atoms with Crippen molar-refractivity contribution in [3.63, 3.8) is 0 Å². The number of benzene rings is 1. The Labute approximate surface area is 119 Å². The summed E-state index contributed by atoms with van der Waals surface area (Å²) in [7, 11) is 0. The maximum absolute atomic E-state index is 11.7. The molecule has 0 aliphatic carbocycles. The summed E-state index contributed by atoms with van der Waals surface area (Å²) < 4.78 is 0. The molecule has 0 saturated heterocycles. The summed E-state index contributed by atoms with van der Waals surface area (Å²) in [6, 6.07) is 7.62. The Bertz CT molecular complexity index is 618. The smallest absolute Gasteiger partial charge is 0.324 e. The molecule has 1 aromatic heterocycles. The highest BCUT2D eigenvalue weighted by Crippen LogP contribution is 2.25. The van der Waals surface area contributed by atoms with Crippen molar-refractivity contribution in [2.45, 2.75) is 0 Å². The van der Waals surface area contributed by atoms with Crippen molar-refractivity contribution in [2.24, 2.45) is 0 Å². The molecule has 0 fully saturated rings. The number of amides is 2. The molecule has 5 nitrogen and oxygen atoms in total. The highest BCUT2D eigenvalue weighted by Gasteiger charge is 2.07. The van der Waals surface area contributed by atoms with Gasteiger partial charge in [0.15, 0.2) is 5.82 Å². The Balaban J connectivity index is 2.05. The minimum atomic E-state index is -0.469. The fourth-order valence-corrected chi connectivity index (χ4v) is 1.66. The van der Waals surface area contributed by atoms with E-state index in [1.54, 1.807) is 30.3 Å². The van der Waals surface area contributed by atoms with Crippen molar-refractivity contribution in [2.75, 3.05) is 16.4 Å². The van der Waals surface area contributed by atoms with Gasteiger partial charge in [0.05, 0.1) is 15.7 Å². The quantitative estimate of drug-likeness (QED) is 0.792. The highest BCUT2D eigenvalue weighted by molar-refractivity contribution is 6.42. The van der Waals surface area contributed by atoms with E-state index in [4.69, 9.17) is 28.9 Å². The van der Waals surface area contributed by atoms with Crippen LogP contribution in [0.15, 0.2) is 36.5 Å². The predicted octanol–water partition coefficient (Wildman–Crippen LogP) is 3.61. The SMILES string of the molecule is Nc1cccnc1NC(=O)Nc1ccc(Cl)c(Cl)c1. The minimum Gasteiger partial charge on any atom is -0.396 e. The van der Waals surface area contributed by atoms with E-state index in [-0.39, 0.29) is 0 Å². The number of pyridine rings is 1. The lowest BCUT2D eigenvalue weighted by Crippen LogP contribution is -2.20. The van der Waals surface area contributed by atoms with Crippen molar-refractivity contribution in [3.8, 4) is 0 Å². The maximum atomic E-state index is 11.7. The molecular weight excluding hydrogens is 287 g/mol. The van der Waals surface area contributed by atoms with Gasteiger partial charge in [0.25, 0.3) is 0 Å². The number of hydrogen-bond donors (Lipinski definition) is 3. The first kappa shape index (κ1) is 13.5. The molecule has 1 heterocycles. The Morgan fingerprint density at radius 1 is 1.16 bits per heavy atom. The van der Waals surface area contributed by atoms with E-state index in [1.165, 1.54) is 6.20 Å². The summed E-state index contributed by atoms with van der Waals surface area (Å²) in [5.74, 6) is 0.292. The molecular formula is C12H10Cl2N4O. The van der Waals surface area contributed by atoms with E-state index in [0.717, 1.165) is 0 Å². The summed E-state index contributed by atoms with van der Waals surface area (Å²) >= 11 is 11.6.